The topological polar surface area (TPSA) is 99.4 Å². The van der Waals surface area contributed by atoms with E-state index in [2.05, 4.69) is 25.3 Å². The van der Waals surface area contributed by atoms with E-state index in [0.717, 1.165) is 18.7 Å². The lowest BCUT2D eigenvalue weighted by Gasteiger charge is -2.41. The number of carbonyl (C=O) groups excluding carboxylic acids is 1. The fourth-order valence-corrected chi connectivity index (χ4v) is 4.62. The Kier molecular flexibility index (Phi) is 4.80. The predicted octanol–water partition coefficient (Wildman–Crippen LogP) is 1.63. The lowest BCUT2D eigenvalue weighted by Crippen LogP contribution is -2.56. The molecule has 2 bridgehead atoms. The summed E-state index contributed by atoms with van der Waals surface area (Å²) in [4.78, 5) is 25.2. The molecule has 9 nitrogen and oxygen atoms in total. The molecule has 5 rings (SSSR count). The van der Waals surface area contributed by atoms with Gasteiger partial charge >= 0.3 is 0 Å². The number of hydrogen-bond donors (Lipinski definition) is 2. The third-order valence-electron chi connectivity index (χ3n) is 6.17. The van der Waals surface area contributed by atoms with Gasteiger partial charge in [0.25, 0.3) is 5.92 Å². The maximum atomic E-state index is 13.4. The van der Waals surface area contributed by atoms with Crippen LogP contribution in [0.2, 0.25) is 0 Å². The lowest BCUT2D eigenvalue weighted by molar-refractivity contribution is -0.138. The largest absolute Gasteiger partial charge is 0.391 e. The Balaban J connectivity index is 1.26. The maximum absolute atomic E-state index is 13.4. The zero-order valence-electron chi connectivity index (χ0n) is 17.2. The summed E-state index contributed by atoms with van der Waals surface area (Å²) in [6.45, 7) is 3.23. The van der Waals surface area contributed by atoms with E-state index in [1.165, 1.54) is 0 Å². The molecule has 1 saturated carbocycles. The van der Waals surface area contributed by atoms with Crippen LogP contribution in [0.1, 0.15) is 26.2 Å². The number of amides is 1. The van der Waals surface area contributed by atoms with E-state index >= 15 is 0 Å². The minimum Gasteiger partial charge on any atom is -0.391 e. The van der Waals surface area contributed by atoms with Gasteiger partial charge < -0.3 is 20.2 Å². The predicted molar refractivity (Wildman–Crippen MR) is 108 cm³/mol. The summed E-state index contributed by atoms with van der Waals surface area (Å²) >= 11 is 0. The average molecular weight is 433 g/mol. The number of fused-ring (bicyclic) bond motifs is 2. The fourth-order valence-electron chi connectivity index (χ4n) is 4.62. The van der Waals surface area contributed by atoms with E-state index in [-0.39, 0.29) is 18.5 Å². The molecular formula is C20H25F2N7O2. The number of alkyl halides is 2. The summed E-state index contributed by atoms with van der Waals surface area (Å²) in [5, 5.41) is 16.8. The first-order valence-electron chi connectivity index (χ1n) is 10.6. The molecule has 2 saturated heterocycles. The molecule has 0 aromatic carbocycles. The van der Waals surface area contributed by atoms with Crippen LogP contribution in [0.5, 0.6) is 0 Å². The van der Waals surface area contributed by atoms with Crippen LogP contribution in [0, 0.1) is 5.92 Å². The highest BCUT2D eigenvalue weighted by atomic mass is 19.3. The first kappa shape index (κ1) is 20.1. The highest BCUT2D eigenvalue weighted by Gasteiger charge is 2.64. The van der Waals surface area contributed by atoms with Crippen molar-refractivity contribution in [3.63, 3.8) is 0 Å². The zero-order chi connectivity index (χ0) is 21.8. The Morgan fingerprint density at radius 1 is 1.35 bits per heavy atom. The number of hydrogen-bond acceptors (Lipinski definition) is 7. The van der Waals surface area contributed by atoms with Crippen molar-refractivity contribution in [2.75, 3.05) is 23.3 Å². The van der Waals surface area contributed by atoms with Crippen molar-refractivity contribution in [3.8, 4) is 0 Å². The number of carbonyl (C=O) groups is 1. The maximum Gasteiger partial charge on any atom is 0.260 e. The monoisotopic (exact) mass is 433 g/mol. The molecule has 1 amide bonds. The molecule has 31 heavy (non-hydrogen) atoms. The number of nitrogens with one attached hydrogen (secondary N) is 1. The number of rotatable bonds is 6. The first-order valence-corrected chi connectivity index (χ1v) is 10.6. The smallest absolute Gasteiger partial charge is 0.260 e. The third kappa shape index (κ3) is 3.93. The Morgan fingerprint density at radius 3 is 2.71 bits per heavy atom. The lowest BCUT2D eigenvalue weighted by atomic mass is 10.1. The summed E-state index contributed by atoms with van der Waals surface area (Å²) in [6.07, 6.45) is 5.89. The van der Waals surface area contributed by atoms with E-state index in [1.54, 1.807) is 35.1 Å². The van der Waals surface area contributed by atoms with Gasteiger partial charge in [0.05, 0.1) is 24.5 Å². The average Bonchev–Trinajstić information content (AvgIpc) is 3.00. The minimum atomic E-state index is -2.83. The highest BCUT2D eigenvalue weighted by molar-refractivity contribution is 5.84. The molecule has 11 heteroatoms. The molecule has 3 fully saturated rings. The second-order valence-electron chi connectivity index (χ2n) is 8.72. The van der Waals surface area contributed by atoms with Gasteiger partial charge in [-0.15, -0.1) is 0 Å². The molecule has 2 aromatic rings. The second-order valence-corrected chi connectivity index (χ2v) is 8.72. The van der Waals surface area contributed by atoms with Crippen molar-refractivity contribution in [1.29, 1.82) is 0 Å². The molecule has 166 valence electrons. The number of nitrogens with zero attached hydrogens (tertiary/aromatic N) is 6. The molecule has 4 atom stereocenters. The Morgan fingerprint density at radius 2 is 2.06 bits per heavy atom. The molecule has 0 radical (unpaired) electrons. The standard InChI is InChI=1S/C20H25F2N7O2/c1-12(30)8-28-9-13(7-24-28)25-19-23-5-4-17(26-19)27-10-14-2-3-15(11-27)29(14)18(31)16-6-20(16,21)22/h4-5,7,9,12,14-16,30H,2-3,6,8,10-11H2,1H3,(H,23,25,26)/t12-,14-,15+,16?/m1/s1. The Hall–Kier alpha value is -2.82. The number of piperazine rings is 1. The van der Waals surface area contributed by atoms with E-state index in [9.17, 15) is 18.7 Å². The van der Waals surface area contributed by atoms with Crippen molar-refractivity contribution < 1.29 is 18.7 Å². The van der Waals surface area contributed by atoms with Crippen LogP contribution < -0.4 is 10.2 Å². The SMILES string of the molecule is C[C@@H](O)Cn1cc(Nc2nccc(N3C[C@H]4CC[C@@H](C3)N4C(=O)C3CC3(F)F)n2)cn1. The van der Waals surface area contributed by atoms with Crippen LogP contribution in [-0.4, -0.2) is 72.9 Å². The number of halogens is 2. The highest BCUT2D eigenvalue weighted by Crippen LogP contribution is 2.51. The molecule has 3 aliphatic rings. The molecule has 1 unspecified atom stereocenters. The molecular weight excluding hydrogens is 408 g/mol. The molecule has 2 aromatic heterocycles. The molecule has 4 heterocycles. The van der Waals surface area contributed by atoms with E-state index in [0.29, 0.717) is 31.3 Å². The van der Waals surface area contributed by atoms with Gasteiger partial charge in [-0.05, 0) is 25.8 Å². The van der Waals surface area contributed by atoms with Crippen LogP contribution in [-0.2, 0) is 11.3 Å². The second kappa shape index (κ2) is 7.40. The van der Waals surface area contributed by atoms with Gasteiger partial charge in [0, 0.05) is 44.0 Å². The van der Waals surface area contributed by atoms with Crippen molar-refractivity contribution in [1.82, 2.24) is 24.6 Å². The van der Waals surface area contributed by atoms with Crippen molar-refractivity contribution in [2.24, 2.45) is 5.92 Å². The van der Waals surface area contributed by atoms with Gasteiger partial charge in [0.15, 0.2) is 0 Å². The normalized spacial score (nSPS) is 27.3. The number of anilines is 3. The number of aliphatic hydroxyl groups is 1. The summed E-state index contributed by atoms with van der Waals surface area (Å²) in [5.74, 6) is -3.21. The van der Waals surface area contributed by atoms with Gasteiger partial charge in [0.2, 0.25) is 11.9 Å². The van der Waals surface area contributed by atoms with Crippen LogP contribution in [0.4, 0.5) is 26.2 Å². The summed E-state index contributed by atoms with van der Waals surface area (Å²) in [5.41, 5.74) is 0.707. The molecule has 1 aliphatic carbocycles. The third-order valence-corrected chi connectivity index (χ3v) is 6.17. The van der Waals surface area contributed by atoms with Gasteiger partial charge in [-0.1, -0.05) is 0 Å². The Bertz CT molecular complexity index is 968. The van der Waals surface area contributed by atoms with Gasteiger partial charge in [-0.3, -0.25) is 9.48 Å². The van der Waals surface area contributed by atoms with Crippen molar-refractivity contribution in [2.45, 2.75) is 56.8 Å². The van der Waals surface area contributed by atoms with Crippen LogP contribution in [0.3, 0.4) is 0 Å². The van der Waals surface area contributed by atoms with Gasteiger partial charge in [0.1, 0.15) is 11.7 Å². The summed E-state index contributed by atoms with van der Waals surface area (Å²) in [7, 11) is 0. The first-order chi connectivity index (χ1) is 14.8. The molecule has 2 aliphatic heterocycles. The minimum absolute atomic E-state index is 0.0623. The quantitative estimate of drug-likeness (QED) is 0.714. The number of aliphatic hydroxyl groups excluding tert-OH is 1. The summed E-state index contributed by atoms with van der Waals surface area (Å²) < 4.78 is 28.4. The fraction of sp³-hybridized carbons (Fsp3) is 0.600. The van der Waals surface area contributed by atoms with E-state index in [1.807, 2.05) is 6.07 Å². The van der Waals surface area contributed by atoms with E-state index in [4.69, 9.17) is 0 Å². The zero-order valence-corrected chi connectivity index (χ0v) is 17.2. The molecule has 0 spiro atoms. The van der Waals surface area contributed by atoms with Crippen LogP contribution in [0.15, 0.2) is 24.7 Å². The van der Waals surface area contributed by atoms with Gasteiger partial charge in [-0.2, -0.15) is 10.1 Å². The van der Waals surface area contributed by atoms with E-state index < -0.39 is 23.9 Å². The van der Waals surface area contributed by atoms with Crippen molar-refractivity contribution in [3.05, 3.63) is 24.7 Å². The van der Waals surface area contributed by atoms with Gasteiger partial charge in [-0.25, -0.2) is 13.8 Å². The van der Waals surface area contributed by atoms with Crippen LogP contribution >= 0.6 is 0 Å². The molecule has 2 N–H and O–H groups in total. The summed E-state index contributed by atoms with van der Waals surface area (Å²) in [6, 6.07) is 1.69. The van der Waals surface area contributed by atoms with Crippen molar-refractivity contribution >= 4 is 23.4 Å². The van der Waals surface area contributed by atoms with Crippen LogP contribution in [0.25, 0.3) is 0 Å². The number of aromatic nitrogens is 4. The Labute approximate surface area is 178 Å².